The number of methoxy groups -OCH3 is 1. The molecule has 2 rings (SSSR count). The number of halogens is 2. The Morgan fingerprint density at radius 1 is 1.24 bits per heavy atom. The Hall–Kier alpha value is -2.22. The maximum Gasteiger partial charge on any atom is 0.255 e. The molecule has 0 unspecified atom stereocenters. The molecule has 0 saturated carbocycles. The van der Waals surface area contributed by atoms with Crippen molar-refractivity contribution in [2.75, 3.05) is 12.4 Å². The summed E-state index contributed by atoms with van der Waals surface area (Å²) in [5.74, 6) is -0.00275. The Morgan fingerprint density at radius 3 is 2.62 bits per heavy atom. The van der Waals surface area contributed by atoms with Crippen molar-refractivity contribution in [1.82, 2.24) is 0 Å². The largest absolute Gasteiger partial charge is 0.495 e. The Balaban J connectivity index is 2.36. The molecule has 2 aromatic rings. The molecule has 106 valence electrons. The van der Waals surface area contributed by atoms with E-state index >= 15 is 0 Å². The zero-order valence-corrected chi connectivity index (χ0v) is 12.5. The summed E-state index contributed by atoms with van der Waals surface area (Å²) in [5.41, 5.74) is 0.959. The lowest BCUT2D eigenvalue weighted by Crippen LogP contribution is -2.13. The summed E-state index contributed by atoms with van der Waals surface area (Å²) in [6.45, 7) is 0. The van der Waals surface area contributed by atoms with E-state index in [2.05, 4.69) is 5.32 Å². The van der Waals surface area contributed by atoms with Crippen LogP contribution < -0.4 is 10.1 Å². The molecule has 1 N–H and O–H groups in total. The number of carbonyl (C=O) groups excluding carboxylic acids is 1. The molecule has 4 nitrogen and oxygen atoms in total. The maximum atomic E-state index is 12.2. The van der Waals surface area contributed by atoms with Crippen LogP contribution in [0.25, 0.3) is 0 Å². The SMILES string of the molecule is COc1cccc(C#N)c1NC(=O)c1ccc(Cl)c(Cl)c1. The fourth-order valence-corrected chi connectivity index (χ4v) is 2.04. The van der Waals surface area contributed by atoms with Gasteiger partial charge in [0.1, 0.15) is 17.5 Å². The van der Waals surface area contributed by atoms with E-state index in [0.29, 0.717) is 27.6 Å². The summed E-state index contributed by atoms with van der Waals surface area (Å²) in [4.78, 5) is 12.2. The van der Waals surface area contributed by atoms with Crippen molar-refractivity contribution >= 4 is 34.8 Å². The molecule has 6 heteroatoms. The average Bonchev–Trinajstić information content (AvgIpc) is 2.50. The van der Waals surface area contributed by atoms with E-state index in [1.54, 1.807) is 24.3 Å². The van der Waals surface area contributed by atoms with Crippen LogP contribution in [-0.2, 0) is 0 Å². The second-order valence-corrected chi connectivity index (χ2v) is 4.89. The first-order chi connectivity index (χ1) is 10.1. The lowest BCUT2D eigenvalue weighted by Gasteiger charge is -2.11. The topological polar surface area (TPSA) is 62.1 Å². The maximum absolute atomic E-state index is 12.2. The van der Waals surface area contributed by atoms with Crippen LogP contribution in [0.15, 0.2) is 36.4 Å². The van der Waals surface area contributed by atoms with Crippen LogP contribution in [0.2, 0.25) is 10.0 Å². The third-order valence-electron chi connectivity index (χ3n) is 2.79. The van der Waals surface area contributed by atoms with Gasteiger partial charge in [-0.2, -0.15) is 5.26 Å². The normalized spacial score (nSPS) is 9.81. The molecule has 0 saturated heterocycles. The molecule has 0 spiro atoms. The zero-order valence-electron chi connectivity index (χ0n) is 11.0. The van der Waals surface area contributed by atoms with Crippen molar-refractivity contribution in [3.8, 4) is 11.8 Å². The standard InChI is InChI=1S/C15H10Cl2N2O2/c1-21-13-4-2-3-10(8-18)14(13)19-15(20)9-5-6-11(16)12(17)7-9/h2-7H,1H3,(H,19,20). The van der Waals surface area contributed by atoms with Gasteiger partial charge in [0.15, 0.2) is 0 Å². The molecular weight excluding hydrogens is 311 g/mol. The van der Waals surface area contributed by atoms with Crippen LogP contribution in [0.4, 0.5) is 5.69 Å². The monoisotopic (exact) mass is 320 g/mol. The lowest BCUT2D eigenvalue weighted by molar-refractivity contribution is 0.102. The van der Waals surface area contributed by atoms with Crippen molar-refractivity contribution in [3.63, 3.8) is 0 Å². The van der Waals surface area contributed by atoms with Crippen LogP contribution >= 0.6 is 23.2 Å². The summed E-state index contributed by atoms with van der Waals surface area (Å²) in [6, 6.07) is 11.5. The first-order valence-corrected chi connectivity index (χ1v) is 6.66. The molecule has 0 heterocycles. The summed E-state index contributed by atoms with van der Waals surface area (Å²) >= 11 is 11.7. The summed E-state index contributed by atoms with van der Waals surface area (Å²) in [5, 5.41) is 12.4. The van der Waals surface area contributed by atoms with Crippen LogP contribution in [0.5, 0.6) is 5.75 Å². The average molecular weight is 321 g/mol. The molecule has 0 aliphatic rings. The van der Waals surface area contributed by atoms with E-state index in [4.69, 9.17) is 33.2 Å². The highest BCUT2D eigenvalue weighted by Crippen LogP contribution is 2.29. The molecule has 0 bridgehead atoms. The van der Waals surface area contributed by atoms with Gasteiger partial charge in [-0.15, -0.1) is 0 Å². The third-order valence-corrected chi connectivity index (χ3v) is 3.53. The van der Waals surface area contributed by atoms with Crippen molar-refractivity contribution in [2.24, 2.45) is 0 Å². The van der Waals surface area contributed by atoms with Crippen LogP contribution in [0, 0.1) is 11.3 Å². The van der Waals surface area contributed by atoms with Gasteiger partial charge in [-0.25, -0.2) is 0 Å². The summed E-state index contributed by atoms with van der Waals surface area (Å²) in [6.07, 6.45) is 0. The third kappa shape index (κ3) is 3.27. The first-order valence-electron chi connectivity index (χ1n) is 5.90. The van der Waals surface area contributed by atoms with E-state index in [9.17, 15) is 4.79 Å². The molecule has 0 aliphatic carbocycles. The fourth-order valence-electron chi connectivity index (χ4n) is 1.75. The molecule has 1 amide bonds. The van der Waals surface area contributed by atoms with E-state index in [0.717, 1.165) is 0 Å². The number of rotatable bonds is 3. The molecule has 2 aromatic carbocycles. The number of nitrogens with zero attached hydrogens (tertiary/aromatic N) is 1. The molecule has 0 radical (unpaired) electrons. The van der Waals surface area contributed by atoms with Gasteiger partial charge in [-0.05, 0) is 30.3 Å². The minimum atomic E-state index is -0.408. The predicted octanol–water partition coefficient (Wildman–Crippen LogP) is 4.13. The number of hydrogen-bond acceptors (Lipinski definition) is 3. The number of ether oxygens (including phenoxy) is 1. The number of hydrogen-bond donors (Lipinski definition) is 1. The minimum absolute atomic E-state index is 0.282. The van der Waals surface area contributed by atoms with Crippen molar-refractivity contribution in [2.45, 2.75) is 0 Å². The Bertz CT molecular complexity index is 739. The van der Waals surface area contributed by atoms with Gasteiger partial charge >= 0.3 is 0 Å². The molecule has 0 aliphatic heterocycles. The molecule has 0 fully saturated rings. The number of amides is 1. The van der Waals surface area contributed by atoms with Gasteiger partial charge in [0.05, 0.1) is 22.7 Å². The number of para-hydroxylation sites is 1. The lowest BCUT2D eigenvalue weighted by atomic mass is 10.1. The number of anilines is 1. The summed E-state index contributed by atoms with van der Waals surface area (Å²) in [7, 11) is 1.46. The van der Waals surface area contributed by atoms with E-state index in [1.165, 1.54) is 19.2 Å². The van der Waals surface area contributed by atoms with Crippen molar-refractivity contribution in [3.05, 3.63) is 57.6 Å². The zero-order chi connectivity index (χ0) is 15.4. The second-order valence-electron chi connectivity index (χ2n) is 4.08. The second kappa shape index (κ2) is 6.49. The number of nitriles is 1. The van der Waals surface area contributed by atoms with Gasteiger partial charge in [0, 0.05) is 5.56 Å². The van der Waals surface area contributed by atoms with Gasteiger partial charge in [-0.1, -0.05) is 29.3 Å². The fraction of sp³-hybridized carbons (Fsp3) is 0.0667. The summed E-state index contributed by atoms with van der Waals surface area (Å²) < 4.78 is 5.15. The number of nitrogens with one attached hydrogen (secondary N) is 1. The molecule has 0 aromatic heterocycles. The van der Waals surface area contributed by atoms with Crippen LogP contribution in [-0.4, -0.2) is 13.0 Å². The highest BCUT2D eigenvalue weighted by atomic mass is 35.5. The Morgan fingerprint density at radius 2 is 2.00 bits per heavy atom. The highest BCUT2D eigenvalue weighted by Gasteiger charge is 2.14. The van der Waals surface area contributed by atoms with Crippen molar-refractivity contribution < 1.29 is 9.53 Å². The predicted molar refractivity (Wildman–Crippen MR) is 82.1 cm³/mol. The number of benzene rings is 2. The smallest absolute Gasteiger partial charge is 0.255 e. The quantitative estimate of drug-likeness (QED) is 0.925. The molecule has 21 heavy (non-hydrogen) atoms. The highest BCUT2D eigenvalue weighted by molar-refractivity contribution is 6.42. The van der Waals surface area contributed by atoms with E-state index < -0.39 is 5.91 Å². The van der Waals surface area contributed by atoms with Gasteiger partial charge in [0.25, 0.3) is 5.91 Å². The van der Waals surface area contributed by atoms with Gasteiger partial charge in [-0.3, -0.25) is 4.79 Å². The number of carbonyl (C=O) groups is 1. The first kappa shape index (κ1) is 15.2. The molecular formula is C15H10Cl2N2O2. The Kier molecular flexibility index (Phi) is 4.69. The van der Waals surface area contributed by atoms with Gasteiger partial charge < -0.3 is 10.1 Å². The van der Waals surface area contributed by atoms with E-state index in [1.807, 2.05) is 6.07 Å². The van der Waals surface area contributed by atoms with E-state index in [-0.39, 0.29) is 5.02 Å². The molecule has 0 atom stereocenters. The Labute approximate surface area is 131 Å². The minimum Gasteiger partial charge on any atom is -0.495 e. The van der Waals surface area contributed by atoms with Crippen LogP contribution in [0.1, 0.15) is 15.9 Å². The van der Waals surface area contributed by atoms with Crippen LogP contribution in [0.3, 0.4) is 0 Å². The van der Waals surface area contributed by atoms with Gasteiger partial charge in [0.2, 0.25) is 0 Å². The van der Waals surface area contributed by atoms with Crippen molar-refractivity contribution in [1.29, 1.82) is 5.26 Å².